The van der Waals surface area contributed by atoms with E-state index in [1.165, 1.54) is 24.3 Å². The Balaban J connectivity index is 1.49. The van der Waals surface area contributed by atoms with E-state index in [2.05, 4.69) is 47.5 Å². The summed E-state index contributed by atoms with van der Waals surface area (Å²) < 4.78 is 48.1. The molecule has 0 radical (unpaired) electrons. The monoisotopic (exact) mass is 540 g/mol. The van der Waals surface area contributed by atoms with Crippen LogP contribution < -0.4 is 4.74 Å². The van der Waals surface area contributed by atoms with E-state index in [1.807, 2.05) is 13.0 Å². The van der Waals surface area contributed by atoms with Crippen LogP contribution in [0.25, 0.3) is 23.1 Å². The van der Waals surface area contributed by atoms with Crippen LogP contribution in [-0.4, -0.2) is 61.6 Å². The van der Waals surface area contributed by atoms with Gasteiger partial charge in [0, 0.05) is 31.1 Å². The molecule has 3 heterocycles. The number of hydrogen-bond acceptors (Lipinski definition) is 8. The number of rotatable bonds is 8. The number of hydrogen-bond donors (Lipinski definition) is 0. The molecule has 1 aliphatic heterocycles. The number of ether oxygens (including phenoxy) is 1. The highest BCUT2D eigenvalue weighted by Crippen LogP contribution is 2.26. The number of aromatic nitrogens is 5. The Morgan fingerprint density at radius 3 is 2.56 bits per heavy atom. The van der Waals surface area contributed by atoms with Crippen LogP contribution in [0.1, 0.15) is 25.6 Å². The lowest BCUT2D eigenvalue weighted by atomic mass is 9.98. The second-order valence-corrected chi connectivity index (χ2v) is 8.78. The predicted molar refractivity (Wildman–Crippen MR) is 136 cm³/mol. The van der Waals surface area contributed by atoms with Crippen molar-refractivity contribution in [1.82, 2.24) is 29.8 Å². The first kappa shape index (κ1) is 27.6. The number of alkyl halides is 3. The highest BCUT2D eigenvalue weighted by Gasteiger charge is 2.31. The SMILES string of the molecule is C=C/C(=C\C(=N/CC)N1CCC(C#N)CC1)Cn1nc(-c2nc(-c3ccc(OC(F)(F)F)cc3)no2)nc1C. The summed E-state index contributed by atoms with van der Waals surface area (Å²) in [6.45, 7) is 10.2. The number of allylic oxidation sites excluding steroid dienone is 2. The lowest BCUT2D eigenvalue weighted by molar-refractivity contribution is -0.274. The van der Waals surface area contributed by atoms with E-state index in [9.17, 15) is 18.4 Å². The first-order valence-electron chi connectivity index (χ1n) is 12.3. The number of aliphatic imine (C=N–C) groups is 1. The van der Waals surface area contributed by atoms with Crippen LogP contribution in [0.15, 0.2) is 58.1 Å². The zero-order valence-electron chi connectivity index (χ0n) is 21.5. The maximum Gasteiger partial charge on any atom is 0.573 e. The summed E-state index contributed by atoms with van der Waals surface area (Å²) in [7, 11) is 0. The van der Waals surface area contributed by atoms with Crippen molar-refractivity contribution in [3.63, 3.8) is 0 Å². The average molecular weight is 541 g/mol. The molecule has 0 saturated carbocycles. The average Bonchev–Trinajstić information content (AvgIpc) is 3.54. The molecule has 3 aromatic rings. The number of halogens is 3. The predicted octanol–water partition coefficient (Wildman–Crippen LogP) is 4.97. The first-order valence-corrected chi connectivity index (χ1v) is 12.3. The smallest absolute Gasteiger partial charge is 0.406 e. The van der Waals surface area contributed by atoms with Crippen molar-refractivity contribution < 1.29 is 22.4 Å². The zero-order chi connectivity index (χ0) is 28.0. The molecule has 4 rings (SSSR count). The van der Waals surface area contributed by atoms with E-state index in [1.54, 1.807) is 17.7 Å². The van der Waals surface area contributed by atoms with E-state index in [0.29, 0.717) is 24.5 Å². The molecule has 0 N–H and O–H groups in total. The van der Waals surface area contributed by atoms with Gasteiger partial charge in [-0.2, -0.15) is 10.2 Å². The van der Waals surface area contributed by atoms with Crippen molar-refractivity contribution in [3.8, 4) is 34.9 Å². The van der Waals surface area contributed by atoms with Crippen LogP contribution in [0.3, 0.4) is 0 Å². The van der Waals surface area contributed by atoms with E-state index in [0.717, 1.165) is 37.3 Å². The van der Waals surface area contributed by atoms with Crippen LogP contribution in [0.2, 0.25) is 0 Å². The molecule has 10 nitrogen and oxygen atoms in total. The fraction of sp³-hybridized carbons (Fsp3) is 0.385. The summed E-state index contributed by atoms with van der Waals surface area (Å²) in [5, 5.41) is 17.6. The van der Waals surface area contributed by atoms with Gasteiger partial charge in [0.2, 0.25) is 11.6 Å². The van der Waals surface area contributed by atoms with Crippen molar-refractivity contribution in [3.05, 3.63) is 54.4 Å². The van der Waals surface area contributed by atoms with Crippen LogP contribution >= 0.6 is 0 Å². The fourth-order valence-electron chi connectivity index (χ4n) is 4.04. The van der Waals surface area contributed by atoms with E-state index in [-0.39, 0.29) is 29.2 Å². The molecule has 0 aliphatic carbocycles. The molecule has 1 aliphatic rings. The number of aryl methyl sites for hydroxylation is 1. The number of likely N-dealkylation sites (tertiary alicyclic amines) is 1. The van der Waals surface area contributed by atoms with Crippen LogP contribution in [0, 0.1) is 24.2 Å². The van der Waals surface area contributed by atoms with Gasteiger partial charge in [-0.3, -0.25) is 4.99 Å². The Morgan fingerprint density at radius 1 is 1.23 bits per heavy atom. The molecular formula is C26H27F3N8O2. The summed E-state index contributed by atoms with van der Waals surface area (Å²) in [5.74, 6) is 1.63. The molecule has 2 aromatic heterocycles. The second-order valence-electron chi connectivity index (χ2n) is 8.78. The Hall–Kier alpha value is -4.47. The molecule has 13 heteroatoms. The van der Waals surface area contributed by atoms with Gasteiger partial charge in [0.25, 0.3) is 5.89 Å². The topological polar surface area (TPSA) is 118 Å². The van der Waals surface area contributed by atoms with Gasteiger partial charge in [0.15, 0.2) is 0 Å². The molecule has 0 unspecified atom stereocenters. The number of nitrogens with zero attached hydrogens (tertiary/aromatic N) is 8. The molecule has 0 spiro atoms. The molecule has 1 fully saturated rings. The normalized spacial score (nSPS) is 15.3. The highest BCUT2D eigenvalue weighted by atomic mass is 19.4. The van der Waals surface area contributed by atoms with Crippen LogP contribution in [0.5, 0.6) is 5.75 Å². The third-order valence-electron chi connectivity index (χ3n) is 6.05. The van der Waals surface area contributed by atoms with Gasteiger partial charge in [-0.1, -0.05) is 17.8 Å². The third-order valence-corrected chi connectivity index (χ3v) is 6.05. The number of piperidine rings is 1. The van der Waals surface area contributed by atoms with Gasteiger partial charge < -0.3 is 14.2 Å². The molecule has 1 aromatic carbocycles. The van der Waals surface area contributed by atoms with Crippen molar-refractivity contribution in [2.24, 2.45) is 10.9 Å². The highest BCUT2D eigenvalue weighted by molar-refractivity contribution is 5.94. The number of nitriles is 1. The maximum atomic E-state index is 12.4. The van der Waals surface area contributed by atoms with Crippen LogP contribution in [0.4, 0.5) is 13.2 Å². The Bertz CT molecular complexity index is 1390. The van der Waals surface area contributed by atoms with Gasteiger partial charge in [-0.25, -0.2) is 9.67 Å². The van der Waals surface area contributed by atoms with Crippen molar-refractivity contribution in [2.45, 2.75) is 39.6 Å². The largest absolute Gasteiger partial charge is 0.573 e. The molecular weight excluding hydrogens is 513 g/mol. The summed E-state index contributed by atoms with van der Waals surface area (Å²) in [5.41, 5.74) is 1.31. The quantitative estimate of drug-likeness (QED) is 0.223. The van der Waals surface area contributed by atoms with E-state index in [4.69, 9.17) is 4.52 Å². The minimum absolute atomic E-state index is 0.0696. The van der Waals surface area contributed by atoms with Crippen LogP contribution in [-0.2, 0) is 6.54 Å². The van der Waals surface area contributed by atoms with Gasteiger partial charge in [0.05, 0.1) is 12.6 Å². The molecule has 1 saturated heterocycles. The lowest BCUT2D eigenvalue weighted by Gasteiger charge is -2.31. The molecule has 204 valence electrons. The Labute approximate surface area is 223 Å². The van der Waals surface area contributed by atoms with Crippen molar-refractivity contribution in [2.75, 3.05) is 19.6 Å². The van der Waals surface area contributed by atoms with Gasteiger partial charge in [-0.05, 0) is 62.6 Å². The zero-order valence-corrected chi connectivity index (χ0v) is 21.5. The summed E-state index contributed by atoms with van der Waals surface area (Å²) in [6, 6.07) is 7.47. The number of benzene rings is 1. The minimum atomic E-state index is -4.77. The summed E-state index contributed by atoms with van der Waals surface area (Å²) in [6.07, 6.45) is 0.550. The standard InChI is InChI=1S/C26H27F3N8O2/c1-4-18(14-22(31-5-2)36-12-10-19(15-30)11-13-36)16-37-17(3)32-24(34-37)25-33-23(35-39-25)20-6-8-21(9-7-20)38-26(27,28)29/h4,6-9,14,19H,1,5,10-13,16H2,2-3H3/b18-14+,31-22+. The third kappa shape index (κ3) is 7.10. The molecule has 0 amide bonds. The van der Waals surface area contributed by atoms with Gasteiger partial charge in [-0.15, -0.1) is 18.3 Å². The summed E-state index contributed by atoms with van der Waals surface area (Å²) >= 11 is 0. The maximum absolute atomic E-state index is 12.4. The van der Waals surface area contributed by atoms with Gasteiger partial charge in [0.1, 0.15) is 17.4 Å². The van der Waals surface area contributed by atoms with Crippen molar-refractivity contribution >= 4 is 5.84 Å². The first-order chi connectivity index (χ1) is 18.7. The van der Waals surface area contributed by atoms with Gasteiger partial charge >= 0.3 is 6.36 Å². The Kier molecular flexibility index (Phi) is 8.43. The minimum Gasteiger partial charge on any atom is -0.406 e. The van der Waals surface area contributed by atoms with E-state index < -0.39 is 6.36 Å². The second kappa shape index (κ2) is 11.9. The molecule has 0 atom stereocenters. The summed E-state index contributed by atoms with van der Waals surface area (Å²) in [4.78, 5) is 15.6. The fourth-order valence-corrected chi connectivity index (χ4v) is 4.04. The van der Waals surface area contributed by atoms with E-state index >= 15 is 0 Å². The molecule has 0 bridgehead atoms. The van der Waals surface area contributed by atoms with Crippen molar-refractivity contribution in [1.29, 1.82) is 5.26 Å². The lowest BCUT2D eigenvalue weighted by Crippen LogP contribution is -2.37. The Morgan fingerprint density at radius 2 is 1.95 bits per heavy atom. The number of amidine groups is 1. The molecule has 39 heavy (non-hydrogen) atoms.